The molecule has 0 aliphatic carbocycles. The fourth-order valence-corrected chi connectivity index (χ4v) is 1.24. The number of nitrogens with zero attached hydrogens (tertiary/aromatic N) is 1. The number of likely N-dealkylation sites (tertiary alicyclic amines) is 1. The minimum absolute atomic E-state index is 0.294. The van der Waals surface area contributed by atoms with Crippen LogP contribution in [-0.2, 0) is 16.1 Å². The summed E-state index contributed by atoms with van der Waals surface area (Å²) in [7, 11) is 0. The van der Waals surface area contributed by atoms with E-state index in [2.05, 4.69) is 0 Å². The highest BCUT2D eigenvalue weighted by Gasteiger charge is 2.26. The van der Waals surface area contributed by atoms with Crippen LogP contribution < -0.4 is 4.72 Å². The average Bonchev–Trinajstić information content (AvgIpc) is 2.33. The number of imide groups is 1. The van der Waals surface area contributed by atoms with Gasteiger partial charge >= 0.3 is 6.03 Å². The normalized spacial score (nSPS) is 19.4. The molecule has 0 spiro atoms. The molecule has 1 aliphatic heterocycles. The van der Waals surface area contributed by atoms with E-state index in [0.717, 1.165) is 4.90 Å². The number of rotatable bonds is 1. The van der Waals surface area contributed by atoms with E-state index in [4.69, 9.17) is 0 Å². The molecule has 0 radical (unpaired) electrons. The molecule has 12 heavy (non-hydrogen) atoms. The van der Waals surface area contributed by atoms with Crippen molar-refractivity contribution < 1.29 is 18.4 Å². The third kappa shape index (κ3) is 2.02. The van der Waals surface area contributed by atoms with Crippen LogP contribution in [0.2, 0.25) is 0 Å². The van der Waals surface area contributed by atoms with Crippen LogP contribution >= 0.6 is 0 Å². The smallest absolute Gasteiger partial charge is 0.335 e. The number of hydrogen-bond donors (Lipinski definition) is 1. The Morgan fingerprint density at radius 2 is 2.33 bits per heavy atom. The van der Waals surface area contributed by atoms with E-state index in [0.29, 0.717) is 19.4 Å². The predicted octanol–water partition coefficient (Wildman–Crippen LogP) is -0.887. The lowest BCUT2D eigenvalue weighted by Crippen LogP contribution is -2.41. The molecule has 1 heterocycles. The maximum Gasteiger partial charge on any atom is 0.335 e. The van der Waals surface area contributed by atoms with Crippen molar-refractivity contribution in [1.82, 2.24) is 9.62 Å². The SMILES string of the molecule is O=C1CCCN1C(=O)NS(=O)[O-]. The fraction of sp³-hybridized carbons (Fsp3) is 0.600. The highest BCUT2D eigenvalue weighted by Crippen LogP contribution is 2.08. The van der Waals surface area contributed by atoms with E-state index < -0.39 is 17.3 Å². The third-order valence-electron chi connectivity index (χ3n) is 1.49. The Morgan fingerprint density at radius 1 is 1.67 bits per heavy atom. The summed E-state index contributed by atoms with van der Waals surface area (Å²) in [5.41, 5.74) is 0. The Balaban J connectivity index is 2.52. The molecule has 1 unspecified atom stereocenters. The van der Waals surface area contributed by atoms with Gasteiger partial charge in [0.15, 0.2) is 0 Å². The highest BCUT2D eigenvalue weighted by molar-refractivity contribution is 7.77. The van der Waals surface area contributed by atoms with Gasteiger partial charge in [0.05, 0.1) is 0 Å². The molecule has 3 amide bonds. The topological polar surface area (TPSA) is 89.5 Å². The monoisotopic (exact) mass is 191 g/mol. The number of carbonyl (C=O) groups excluding carboxylic acids is 2. The van der Waals surface area contributed by atoms with Gasteiger partial charge < -0.3 is 4.55 Å². The highest BCUT2D eigenvalue weighted by atomic mass is 32.2. The first-order valence-corrected chi connectivity index (χ1v) is 4.39. The molecule has 0 saturated carbocycles. The first-order valence-electron chi connectivity index (χ1n) is 3.31. The minimum atomic E-state index is -2.65. The van der Waals surface area contributed by atoms with Crippen molar-refractivity contribution in [3.05, 3.63) is 0 Å². The van der Waals surface area contributed by atoms with Gasteiger partial charge in [-0.25, -0.2) is 4.79 Å². The van der Waals surface area contributed by atoms with Crippen molar-refractivity contribution in [2.24, 2.45) is 0 Å². The van der Waals surface area contributed by atoms with Gasteiger partial charge in [-0.05, 0) is 6.42 Å². The summed E-state index contributed by atoms with van der Waals surface area (Å²) >= 11 is -2.65. The maximum atomic E-state index is 10.9. The summed E-state index contributed by atoms with van der Waals surface area (Å²) in [5.74, 6) is -0.335. The van der Waals surface area contributed by atoms with Crippen LogP contribution in [0, 0.1) is 0 Å². The molecule has 0 aromatic carbocycles. The summed E-state index contributed by atoms with van der Waals surface area (Å²) < 4.78 is 21.6. The molecule has 1 aliphatic rings. The van der Waals surface area contributed by atoms with Crippen molar-refractivity contribution >= 4 is 23.2 Å². The summed E-state index contributed by atoms with van der Waals surface area (Å²) in [6, 6.07) is -0.870. The summed E-state index contributed by atoms with van der Waals surface area (Å²) in [5, 5.41) is 0. The molecular formula is C5H7N2O4S-. The molecular weight excluding hydrogens is 184 g/mol. The Morgan fingerprint density at radius 3 is 2.75 bits per heavy atom. The second kappa shape index (κ2) is 3.63. The zero-order valence-electron chi connectivity index (χ0n) is 6.11. The van der Waals surface area contributed by atoms with Crippen LogP contribution in [0.4, 0.5) is 4.79 Å². The van der Waals surface area contributed by atoms with E-state index in [9.17, 15) is 18.4 Å². The first-order chi connectivity index (χ1) is 5.61. The Kier molecular flexibility index (Phi) is 2.77. The van der Waals surface area contributed by atoms with E-state index in [1.807, 2.05) is 0 Å². The summed E-state index contributed by atoms with van der Waals surface area (Å²) in [4.78, 5) is 22.6. The second-order valence-electron chi connectivity index (χ2n) is 2.29. The van der Waals surface area contributed by atoms with Gasteiger partial charge in [-0.1, -0.05) is 0 Å². The quantitative estimate of drug-likeness (QED) is 0.544. The largest absolute Gasteiger partial charge is 0.755 e. The van der Waals surface area contributed by atoms with Gasteiger partial charge in [-0.2, -0.15) is 0 Å². The molecule has 68 valence electrons. The standard InChI is InChI=1S/C5H8N2O4S/c8-4-2-1-3-7(4)5(9)6-12(10)11/h1-3H2,(H,6,9)(H,10,11)/p-1. The van der Waals surface area contributed by atoms with Crippen LogP contribution in [0.25, 0.3) is 0 Å². The van der Waals surface area contributed by atoms with E-state index in [1.54, 1.807) is 4.72 Å². The lowest BCUT2D eigenvalue weighted by Gasteiger charge is -2.15. The average molecular weight is 191 g/mol. The summed E-state index contributed by atoms with van der Waals surface area (Å²) in [6.45, 7) is 0.294. The Labute approximate surface area is 71.3 Å². The third-order valence-corrected chi connectivity index (χ3v) is 1.83. The molecule has 1 N–H and O–H groups in total. The van der Waals surface area contributed by atoms with Crippen molar-refractivity contribution in [2.45, 2.75) is 12.8 Å². The van der Waals surface area contributed by atoms with Crippen molar-refractivity contribution in [3.63, 3.8) is 0 Å². The maximum absolute atomic E-state index is 10.9. The molecule has 0 bridgehead atoms. The molecule has 6 nitrogen and oxygen atoms in total. The fourth-order valence-electron chi connectivity index (χ4n) is 0.989. The van der Waals surface area contributed by atoms with Crippen LogP contribution in [0.5, 0.6) is 0 Å². The molecule has 1 atom stereocenters. The van der Waals surface area contributed by atoms with Crippen LogP contribution in [0.15, 0.2) is 0 Å². The van der Waals surface area contributed by atoms with Gasteiger partial charge in [0, 0.05) is 24.2 Å². The van der Waals surface area contributed by atoms with Crippen molar-refractivity contribution in [1.29, 1.82) is 0 Å². The molecule has 0 aromatic rings. The zero-order valence-corrected chi connectivity index (χ0v) is 6.93. The van der Waals surface area contributed by atoms with Crippen LogP contribution in [0.3, 0.4) is 0 Å². The number of amides is 3. The minimum Gasteiger partial charge on any atom is -0.755 e. The van der Waals surface area contributed by atoms with E-state index >= 15 is 0 Å². The van der Waals surface area contributed by atoms with Crippen molar-refractivity contribution in [2.75, 3.05) is 6.54 Å². The lowest BCUT2D eigenvalue weighted by molar-refractivity contribution is -0.125. The van der Waals surface area contributed by atoms with E-state index in [1.165, 1.54) is 0 Å². The van der Waals surface area contributed by atoms with Crippen LogP contribution in [0.1, 0.15) is 12.8 Å². The number of nitrogens with one attached hydrogen (secondary N) is 1. The predicted molar refractivity (Wildman–Crippen MR) is 38.4 cm³/mol. The molecule has 1 saturated heterocycles. The Hall–Kier alpha value is -0.950. The van der Waals surface area contributed by atoms with Gasteiger partial charge in [-0.15, -0.1) is 0 Å². The summed E-state index contributed by atoms with van der Waals surface area (Å²) in [6.07, 6.45) is 0.899. The first kappa shape index (κ1) is 9.14. The molecule has 0 aromatic heterocycles. The number of urea groups is 1. The number of hydrogen-bond acceptors (Lipinski definition) is 4. The molecule has 1 rings (SSSR count). The second-order valence-corrected chi connectivity index (χ2v) is 2.96. The van der Waals surface area contributed by atoms with Gasteiger partial charge in [0.2, 0.25) is 5.91 Å². The molecule has 7 heteroatoms. The van der Waals surface area contributed by atoms with Gasteiger partial charge in [0.1, 0.15) is 0 Å². The van der Waals surface area contributed by atoms with Gasteiger partial charge in [-0.3, -0.25) is 18.6 Å². The van der Waals surface area contributed by atoms with Crippen molar-refractivity contribution in [3.8, 4) is 0 Å². The van der Waals surface area contributed by atoms with Gasteiger partial charge in [0.25, 0.3) is 0 Å². The zero-order chi connectivity index (χ0) is 9.14. The number of carbonyl (C=O) groups is 2. The van der Waals surface area contributed by atoms with E-state index in [-0.39, 0.29) is 5.91 Å². The Bertz CT molecular complexity index is 242. The van der Waals surface area contributed by atoms with Crippen LogP contribution in [-0.4, -0.2) is 32.1 Å². The lowest BCUT2D eigenvalue weighted by atomic mass is 10.4. The molecule has 1 fully saturated rings.